The number of carboxylic acid groups (broad SMARTS) is 2. The van der Waals surface area contributed by atoms with E-state index in [1.54, 1.807) is 12.1 Å². The molecule has 0 aliphatic rings. The Hall–Kier alpha value is -2.70. The highest BCUT2D eigenvalue weighted by molar-refractivity contribution is 5.87. The zero-order valence-corrected chi connectivity index (χ0v) is 9.85. The first kappa shape index (κ1) is 12.7. The van der Waals surface area contributed by atoms with Crippen molar-refractivity contribution in [2.75, 3.05) is 0 Å². The van der Waals surface area contributed by atoms with Crippen LogP contribution in [0, 0.1) is 0 Å². The summed E-state index contributed by atoms with van der Waals surface area (Å²) in [5.74, 6) is -1.98. The second kappa shape index (κ2) is 5.30. The molecule has 0 radical (unpaired) electrons. The fourth-order valence-electron chi connectivity index (χ4n) is 1.68. The number of aliphatic carboxylic acids is 1. The summed E-state index contributed by atoms with van der Waals surface area (Å²) in [5.41, 5.74) is 1.36. The summed E-state index contributed by atoms with van der Waals surface area (Å²) >= 11 is 0. The van der Waals surface area contributed by atoms with Crippen LogP contribution in [0.2, 0.25) is 0 Å². The van der Waals surface area contributed by atoms with Gasteiger partial charge in [-0.25, -0.2) is 9.48 Å². The molecule has 0 spiro atoms. The van der Waals surface area contributed by atoms with E-state index in [0.717, 1.165) is 5.56 Å². The van der Waals surface area contributed by atoms with E-state index in [4.69, 9.17) is 10.2 Å². The zero-order valence-electron chi connectivity index (χ0n) is 9.85. The van der Waals surface area contributed by atoms with Crippen LogP contribution in [0.4, 0.5) is 0 Å². The molecular formula is C12H11N3O4. The zero-order chi connectivity index (χ0) is 13.8. The van der Waals surface area contributed by atoms with Gasteiger partial charge in [0.2, 0.25) is 0 Å². The third-order valence-electron chi connectivity index (χ3n) is 2.54. The lowest BCUT2D eigenvalue weighted by Crippen LogP contribution is -2.11. The monoisotopic (exact) mass is 261 g/mol. The summed E-state index contributed by atoms with van der Waals surface area (Å²) in [6, 6.07) is 6.39. The van der Waals surface area contributed by atoms with Gasteiger partial charge < -0.3 is 10.2 Å². The molecule has 0 bridgehead atoms. The molecule has 0 unspecified atom stereocenters. The van der Waals surface area contributed by atoms with E-state index in [-0.39, 0.29) is 18.5 Å². The number of aromatic carboxylic acids is 1. The molecular weight excluding hydrogens is 250 g/mol. The standard InChI is InChI=1S/C12H11N3O4/c16-11(17)5-10-6-13-14-15(10)7-8-2-1-3-9(4-8)12(18)19/h1-4,6H,5,7H2,(H,16,17)(H,18,19). The van der Waals surface area contributed by atoms with Gasteiger partial charge in [-0.2, -0.15) is 0 Å². The molecule has 1 aromatic heterocycles. The van der Waals surface area contributed by atoms with Gasteiger partial charge in [0.1, 0.15) is 0 Å². The van der Waals surface area contributed by atoms with Crippen LogP contribution in [0.5, 0.6) is 0 Å². The van der Waals surface area contributed by atoms with Crippen molar-refractivity contribution in [3.63, 3.8) is 0 Å². The lowest BCUT2D eigenvalue weighted by molar-refractivity contribution is -0.136. The summed E-state index contributed by atoms with van der Waals surface area (Å²) in [5, 5.41) is 25.1. The SMILES string of the molecule is O=C(O)Cc1cnnn1Cc1cccc(C(=O)O)c1. The van der Waals surface area contributed by atoms with E-state index in [0.29, 0.717) is 5.69 Å². The Labute approximate surface area is 108 Å². The van der Waals surface area contributed by atoms with Gasteiger partial charge in [-0.3, -0.25) is 4.79 Å². The molecule has 2 aromatic rings. The predicted octanol–water partition coefficient (Wildman–Crippen LogP) is 0.652. The molecule has 1 heterocycles. The second-order valence-corrected chi connectivity index (χ2v) is 3.96. The lowest BCUT2D eigenvalue weighted by atomic mass is 10.1. The van der Waals surface area contributed by atoms with Gasteiger partial charge in [-0.1, -0.05) is 17.3 Å². The Kier molecular flexibility index (Phi) is 3.56. The fourth-order valence-corrected chi connectivity index (χ4v) is 1.68. The number of nitrogens with zero attached hydrogens (tertiary/aromatic N) is 3. The number of carbonyl (C=O) groups is 2. The summed E-state index contributed by atoms with van der Waals surface area (Å²) in [4.78, 5) is 21.5. The smallest absolute Gasteiger partial charge is 0.335 e. The minimum atomic E-state index is -1.01. The number of hydrogen-bond donors (Lipinski definition) is 2. The summed E-state index contributed by atoms with van der Waals surface area (Å²) < 4.78 is 1.44. The first-order valence-electron chi connectivity index (χ1n) is 5.47. The predicted molar refractivity (Wildman–Crippen MR) is 63.9 cm³/mol. The van der Waals surface area contributed by atoms with Gasteiger partial charge >= 0.3 is 11.9 Å². The maximum absolute atomic E-state index is 10.9. The largest absolute Gasteiger partial charge is 0.481 e. The highest BCUT2D eigenvalue weighted by Gasteiger charge is 2.10. The van der Waals surface area contributed by atoms with E-state index in [1.165, 1.54) is 23.0 Å². The molecule has 19 heavy (non-hydrogen) atoms. The number of benzene rings is 1. The Morgan fingerprint density at radius 1 is 1.26 bits per heavy atom. The molecule has 98 valence electrons. The number of carboxylic acids is 2. The third-order valence-corrected chi connectivity index (χ3v) is 2.54. The van der Waals surface area contributed by atoms with Crippen molar-refractivity contribution in [2.24, 2.45) is 0 Å². The minimum absolute atomic E-state index is 0.175. The maximum Gasteiger partial charge on any atom is 0.335 e. The van der Waals surface area contributed by atoms with E-state index >= 15 is 0 Å². The van der Waals surface area contributed by atoms with Crippen LogP contribution in [0.25, 0.3) is 0 Å². The quantitative estimate of drug-likeness (QED) is 0.818. The van der Waals surface area contributed by atoms with E-state index in [9.17, 15) is 9.59 Å². The number of hydrogen-bond acceptors (Lipinski definition) is 4. The molecule has 7 nitrogen and oxygen atoms in total. The van der Waals surface area contributed by atoms with Gasteiger partial charge in [0.15, 0.2) is 0 Å². The topological polar surface area (TPSA) is 105 Å². The molecule has 1 aromatic carbocycles. The Morgan fingerprint density at radius 3 is 2.74 bits per heavy atom. The van der Waals surface area contributed by atoms with Crippen LogP contribution in [0.15, 0.2) is 30.5 Å². The van der Waals surface area contributed by atoms with Crippen LogP contribution < -0.4 is 0 Å². The first-order valence-corrected chi connectivity index (χ1v) is 5.47. The summed E-state index contributed by atoms with van der Waals surface area (Å²) in [6.07, 6.45) is 1.21. The Bertz CT molecular complexity index is 621. The second-order valence-electron chi connectivity index (χ2n) is 3.96. The maximum atomic E-state index is 10.9. The molecule has 0 amide bonds. The summed E-state index contributed by atoms with van der Waals surface area (Å²) in [6.45, 7) is 0.281. The molecule has 0 aliphatic carbocycles. The van der Waals surface area contributed by atoms with Crippen LogP contribution in [-0.2, 0) is 17.8 Å². The molecule has 0 aliphatic heterocycles. The highest BCUT2D eigenvalue weighted by atomic mass is 16.4. The molecule has 0 saturated carbocycles. The van der Waals surface area contributed by atoms with Crippen LogP contribution >= 0.6 is 0 Å². The van der Waals surface area contributed by atoms with Crippen molar-refractivity contribution < 1.29 is 19.8 Å². The average molecular weight is 261 g/mol. The van der Waals surface area contributed by atoms with Gasteiger partial charge in [0.05, 0.1) is 30.4 Å². The number of aromatic nitrogens is 3. The summed E-state index contributed by atoms with van der Waals surface area (Å²) in [7, 11) is 0. The molecule has 2 N–H and O–H groups in total. The van der Waals surface area contributed by atoms with Gasteiger partial charge in [-0.05, 0) is 17.7 Å². The van der Waals surface area contributed by atoms with Crippen LogP contribution in [0.3, 0.4) is 0 Å². The van der Waals surface area contributed by atoms with Crippen LogP contribution in [0.1, 0.15) is 21.6 Å². The van der Waals surface area contributed by atoms with E-state index in [2.05, 4.69) is 10.3 Å². The van der Waals surface area contributed by atoms with Crippen molar-refractivity contribution in [1.29, 1.82) is 0 Å². The van der Waals surface area contributed by atoms with Crippen molar-refractivity contribution in [2.45, 2.75) is 13.0 Å². The van der Waals surface area contributed by atoms with Crippen molar-refractivity contribution >= 4 is 11.9 Å². The van der Waals surface area contributed by atoms with E-state index in [1.807, 2.05) is 0 Å². The van der Waals surface area contributed by atoms with Gasteiger partial charge in [0.25, 0.3) is 0 Å². The van der Waals surface area contributed by atoms with Crippen molar-refractivity contribution in [1.82, 2.24) is 15.0 Å². The fraction of sp³-hybridized carbons (Fsp3) is 0.167. The van der Waals surface area contributed by atoms with Gasteiger partial charge in [0, 0.05) is 0 Å². The normalized spacial score (nSPS) is 10.3. The average Bonchev–Trinajstić information content (AvgIpc) is 2.76. The third kappa shape index (κ3) is 3.15. The van der Waals surface area contributed by atoms with E-state index < -0.39 is 11.9 Å². The lowest BCUT2D eigenvalue weighted by Gasteiger charge is -2.05. The van der Waals surface area contributed by atoms with Crippen LogP contribution in [-0.4, -0.2) is 37.1 Å². The highest BCUT2D eigenvalue weighted by Crippen LogP contribution is 2.08. The van der Waals surface area contributed by atoms with Gasteiger partial charge in [-0.15, -0.1) is 5.10 Å². The molecule has 2 rings (SSSR count). The number of rotatable bonds is 5. The Balaban J connectivity index is 2.21. The Morgan fingerprint density at radius 2 is 2.05 bits per heavy atom. The molecule has 7 heteroatoms. The minimum Gasteiger partial charge on any atom is -0.481 e. The van der Waals surface area contributed by atoms with Crippen molar-refractivity contribution in [3.05, 3.63) is 47.3 Å². The molecule has 0 fully saturated rings. The molecule has 0 saturated heterocycles. The first-order chi connectivity index (χ1) is 9.06. The van der Waals surface area contributed by atoms with Crippen molar-refractivity contribution in [3.8, 4) is 0 Å². The molecule has 0 atom stereocenters.